The topological polar surface area (TPSA) is 25.2 Å². The van der Waals surface area contributed by atoms with Crippen LogP contribution in [-0.2, 0) is 13.7 Å². The molecule has 0 unspecified atom stereocenters. The van der Waals surface area contributed by atoms with Gasteiger partial charge in [-0.05, 0) is 38.0 Å². The molecule has 2 aromatic rings. The zero-order valence-electron chi connectivity index (χ0n) is 9.76. The molecule has 2 rings (SSSR count). The largest absolute Gasteiger partial charge is 0.390 e. The maximum Gasteiger partial charge on any atom is 0.0835 e. The summed E-state index contributed by atoms with van der Waals surface area (Å²) in [5.41, 5.74) is 6.00. The molecule has 0 atom stereocenters. The third-order valence-electron chi connectivity index (χ3n) is 3.17. The first kappa shape index (κ1) is 10.2. The number of aliphatic hydroxyl groups is 1. The molecule has 2 heteroatoms. The highest BCUT2D eigenvalue weighted by Crippen LogP contribution is 2.28. The molecule has 1 N–H and O–H groups in total. The van der Waals surface area contributed by atoms with Crippen molar-refractivity contribution in [1.29, 1.82) is 0 Å². The summed E-state index contributed by atoms with van der Waals surface area (Å²) in [7, 11) is 2.02. The van der Waals surface area contributed by atoms with Gasteiger partial charge in [-0.2, -0.15) is 0 Å². The molecular weight excluding hydrogens is 186 g/mol. The summed E-state index contributed by atoms with van der Waals surface area (Å²) >= 11 is 0. The number of aryl methyl sites for hydroxylation is 4. The fourth-order valence-electron chi connectivity index (χ4n) is 2.46. The second-order valence-electron chi connectivity index (χ2n) is 4.27. The van der Waals surface area contributed by atoms with Crippen molar-refractivity contribution in [3.63, 3.8) is 0 Å². The van der Waals surface area contributed by atoms with Crippen LogP contribution in [0.4, 0.5) is 0 Å². The number of aromatic nitrogens is 1. The molecule has 2 nitrogen and oxygen atoms in total. The smallest absolute Gasteiger partial charge is 0.0835 e. The van der Waals surface area contributed by atoms with E-state index in [1.54, 1.807) is 0 Å². The van der Waals surface area contributed by atoms with Gasteiger partial charge in [0.15, 0.2) is 0 Å². The summed E-state index contributed by atoms with van der Waals surface area (Å²) in [6.07, 6.45) is 0. The van der Waals surface area contributed by atoms with Crippen LogP contribution in [0.1, 0.15) is 22.4 Å². The summed E-state index contributed by atoms with van der Waals surface area (Å²) in [5.74, 6) is 0. The fraction of sp³-hybridized carbons (Fsp3) is 0.385. The average Bonchev–Trinajstić information content (AvgIpc) is 2.39. The first-order valence-corrected chi connectivity index (χ1v) is 5.22. The van der Waals surface area contributed by atoms with Gasteiger partial charge in [0.2, 0.25) is 0 Å². The first-order chi connectivity index (χ1) is 7.06. The Labute approximate surface area is 90.2 Å². The zero-order valence-corrected chi connectivity index (χ0v) is 9.76. The Morgan fingerprint density at radius 2 is 1.87 bits per heavy atom. The predicted octanol–water partition coefficient (Wildman–Crippen LogP) is 2.60. The van der Waals surface area contributed by atoms with Gasteiger partial charge in [0.25, 0.3) is 0 Å². The molecule has 0 saturated carbocycles. The molecule has 0 fully saturated rings. The fourth-order valence-corrected chi connectivity index (χ4v) is 2.46. The molecule has 0 saturated heterocycles. The van der Waals surface area contributed by atoms with Crippen LogP contribution in [0.25, 0.3) is 10.9 Å². The van der Waals surface area contributed by atoms with Gasteiger partial charge in [0.1, 0.15) is 0 Å². The summed E-state index contributed by atoms with van der Waals surface area (Å²) in [6.45, 7) is 6.41. The van der Waals surface area contributed by atoms with E-state index in [1.165, 1.54) is 27.6 Å². The third-order valence-corrected chi connectivity index (χ3v) is 3.17. The molecule has 80 valence electrons. The molecular formula is C13H17NO. The van der Waals surface area contributed by atoms with Crippen LogP contribution >= 0.6 is 0 Å². The first-order valence-electron chi connectivity index (χ1n) is 5.22. The van der Waals surface area contributed by atoms with E-state index in [9.17, 15) is 5.11 Å². The van der Waals surface area contributed by atoms with E-state index in [-0.39, 0.29) is 6.61 Å². The van der Waals surface area contributed by atoms with Crippen LogP contribution in [-0.4, -0.2) is 9.67 Å². The summed E-state index contributed by atoms with van der Waals surface area (Å²) in [5, 5.41) is 10.6. The Hall–Kier alpha value is -1.28. The standard InChI is InChI=1S/C13H17NO/c1-8-5-9(2)13-11(6-8)10(3)12(7-15)14(13)4/h5-6,15H,7H2,1-4H3. The lowest BCUT2D eigenvalue weighted by molar-refractivity contribution is 0.272. The van der Waals surface area contributed by atoms with Crippen LogP contribution in [0.3, 0.4) is 0 Å². The third kappa shape index (κ3) is 1.37. The van der Waals surface area contributed by atoms with Crippen molar-refractivity contribution >= 4 is 10.9 Å². The van der Waals surface area contributed by atoms with Crippen LogP contribution in [0.5, 0.6) is 0 Å². The molecule has 0 radical (unpaired) electrons. The number of hydrogen-bond acceptors (Lipinski definition) is 1. The van der Waals surface area contributed by atoms with E-state index in [0.717, 1.165) is 5.69 Å². The molecule has 0 bridgehead atoms. The highest BCUT2D eigenvalue weighted by Gasteiger charge is 2.12. The number of aliphatic hydroxyl groups excluding tert-OH is 1. The van der Waals surface area contributed by atoms with Gasteiger partial charge in [-0.25, -0.2) is 0 Å². The lowest BCUT2D eigenvalue weighted by Gasteiger charge is -2.04. The van der Waals surface area contributed by atoms with Crippen molar-refractivity contribution in [3.05, 3.63) is 34.5 Å². The van der Waals surface area contributed by atoms with Gasteiger partial charge in [-0.15, -0.1) is 0 Å². The predicted molar refractivity (Wildman–Crippen MR) is 63.1 cm³/mol. The minimum absolute atomic E-state index is 0.107. The lowest BCUT2D eigenvalue weighted by atomic mass is 10.1. The quantitative estimate of drug-likeness (QED) is 0.757. The van der Waals surface area contributed by atoms with E-state index in [0.29, 0.717) is 0 Å². The Kier molecular flexibility index (Phi) is 2.31. The van der Waals surface area contributed by atoms with Crippen molar-refractivity contribution in [2.75, 3.05) is 0 Å². The second kappa shape index (κ2) is 3.38. The minimum Gasteiger partial charge on any atom is -0.390 e. The Bertz CT molecular complexity index is 523. The van der Waals surface area contributed by atoms with Crippen molar-refractivity contribution in [2.24, 2.45) is 7.05 Å². The van der Waals surface area contributed by atoms with E-state index < -0.39 is 0 Å². The number of fused-ring (bicyclic) bond motifs is 1. The Balaban J connectivity index is 2.95. The molecule has 1 aromatic heterocycles. The summed E-state index contributed by atoms with van der Waals surface area (Å²) in [6, 6.07) is 4.37. The van der Waals surface area contributed by atoms with Crippen molar-refractivity contribution < 1.29 is 5.11 Å². The van der Waals surface area contributed by atoms with E-state index in [4.69, 9.17) is 0 Å². The van der Waals surface area contributed by atoms with E-state index in [2.05, 4.69) is 37.5 Å². The number of hydrogen-bond donors (Lipinski definition) is 1. The number of benzene rings is 1. The molecule has 1 aromatic carbocycles. The molecule has 0 aliphatic heterocycles. The van der Waals surface area contributed by atoms with Crippen molar-refractivity contribution in [2.45, 2.75) is 27.4 Å². The summed E-state index contributed by atoms with van der Waals surface area (Å²) < 4.78 is 2.10. The minimum atomic E-state index is 0.107. The SMILES string of the molecule is Cc1cc(C)c2c(c1)c(C)c(CO)n2C. The maximum atomic E-state index is 9.34. The zero-order chi connectivity index (χ0) is 11.2. The number of rotatable bonds is 1. The van der Waals surface area contributed by atoms with E-state index >= 15 is 0 Å². The summed E-state index contributed by atoms with van der Waals surface area (Å²) in [4.78, 5) is 0. The lowest BCUT2D eigenvalue weighted by Crippen LogP contribution is -1.97. The van der Waals surface area contributed by atoms with Gasteiger partial charge in [0, 0.05) is 18.1 Å². The second-order valence-corrected chi connectivity index (χ2v) is 4.27. The van der Waals surface area contributed by atoms with Crippen LogP contribution in [0.15, 0.2) is 12.1 Å². The number of nitrogens with zero attached hydrogens (tertiary/aromatic N) is 1. The van der Waals surface area contributed by atoms with Crippen LogP contribution in [0, 0.1) is 20.8 Å². The normalized spacial score (nSPS) is 11.3. The molecule has 0 amide bonds. The molecule has 1 heterocycles. The maximum absolute atomic E-state index is 9.34. The molecule has 15 heavy (non-hydrogen) atoms. The highest BCUT2D eigenvalue weighted by atomic mass is 16.3. The van der Waals surface area contributed by atoms with Crippen LogP contribution < -0.4 is 0 Å². The monoisotopic (exact) mass is 203 g/mol. The van der Waals surface area contributed by atoms with Gasteiger partial charge in [-0.1, -0.05) is 11.6 Å². The van der Waals surface area contributed by atoms with Crippen molar-refractivity contribution in [3.8, 4) is 0 Å². The Morgan fingerprint density at radius 3 is 2.47 bits per heavy atom. The van der Waals surface area contributed by atoms with Gasteiger partial charge >= 0.3 is 0 Å². The Morgan fingerprint density at radius 1 is 1.20 bits per heavy atom. The van der Waals surface area contributed by atoms with E-state index in [1.807, 2.05) is 7.05 Å². The van der Waals surface area contributed by atoms with Gasteiger partial charge < -0.3 is 9.67 Å². The molecule has 0 aliphatic carbocycles. The highest BCUT2D eigenvalue weighted by molar-refractivity contribution is 5.88. The van der Waals surface area contributed by atoms with Crippen LogP contribution in [0.2, 0.25) is 0 Å². The van der Waals surface area contributed by atoms with Gasteiger partial charge in [0.05, 0.1) is 12.1 Å². The molecule has 0 aliphatic rings. The molecule has 0 spiro atoms. The van der Waals surface area contributed by atoms with Gasteiger partial charge in [-0.3, -0.25) is 0 Å². The van der Waals surface area contributed by atoms with Crippen molar-refractivity contribution in [1.82, 2.24) is 4.57 Å². The average molecular weight is 203 g/mol.